The predicted molar refractivity (Wildman–Crippen MR) is 64.7 cm³/mol. The molecule has 1 atom stereocenters. The lowest BCUT2D eigenvalue weighted by Crippen LogP contribution is -2.29. The first-order valence-electron chi connectivity index (χ1n) is 5.73. The SMILES string of the molecule is C=CCOCCCC(=O)NCC(C)CC(=O)O. The third kappa shape index (κ3) is 10.9. The van der Waals surface area contributed by atoms with Crippen molar-refractivity contribution in [3.63, 3.8) is 0 Å². The Hall–Kier alpha value is -1.36. The highest BCUT2D eigenvalue weighted by molar-refractivity contribution is 5.75. The molecule has 1 amide bonds. The number of hydrogen-bond acceptors (Lipinski definition) is 3. The van der Waals surface area contributed by atoms with Gasteiger partial charge in [0.25, 0.3) is 0 Å². The molecule has 0 spiro atoms. The van der Waals surface area contributed by atoms with Crippen LogP contribution in [0.4, 0.5) is 0 Å². The van der Waals surface area contributed by atoms with E-state index in [9.17, 15) is 9.59 Å². The molecule has 0 aliphatic rings. The Morgan fingerprint density at radius 3 is 2.82 bits per heavy atom. The fraction of sp³-hybridized carbons (Fsp3) is 0.667. The molecule has 0 heterocycles. The van der Waals surface area contributed by atoms with Gasteiger partial charge in [-0.05, 0) is 12.3 Å². The summed E-state index contributed by atoms with van der Waals surface area (Å²) in [5.41, 5.74) is 0. The van der Waals surface area contributed by atoms with E-state index >= 15 is 0 Å². The number of hydrogen-bond donors (Lipinski definition) is 2. The molecule has 98 valence electrons. The second kappa shape index (κ2) is 9.84. The second-order valence-electron chi connectivity index (χ2n) is 3.97. The third-order valence-electron chi connectivity index (χ3n) is 2.10. The Morgan fingerprint density at radius 2 is 2.24 bits per heavy atom. The number of carbonyl (C=O) groups is 2. The van der Waals surface area contributed by atoms with Crippen molar-refractivity contribution in [1.82, 2.24) is 5.32 Å². The standard InChI is InChI=1S/C12H21NO4/c1-3-6-17-7-4-5-11(14)13-9-10(2)8-12(15)16/h3,10H,1,4-9H2,2H3,(H,13,14)(H,15,16). The van der Waals surface area contributed by atoms with Gasteiger partial charge in [-0.1, -0.05) is 13.0 Å². The monoisotopic (exact) mass is 243 g/mol. The van der Waals surface area contributed by atoms with Crippen molar-refractivity contribution in [3.05, 3.63) is 12.7 Å². The van der Waals surface area contributed by atoms with Gasteiger partial charge in [-0.25, -0.2) is 0 Å². The average Bonchev–Trinajstić information content (AvgIpc) is 2.25. The van der Waals surface area contributed by atoms with Crippen molar-refractivity contribution in [3.8, 4) is 0 Å². The van der Waals surface area contributed by atoms with Crippen molar-refractivity contribution in [2.45, 2.75) is 26.2 Å². The molecule has 1 unspecified atom stereocenters. The maximum Gasteiger partial charge on any atom is 0.303 e. The Balaban J connectivity index is 3.45. The molecular weight excluding hydrogens is 222 g/mol. The molecule has 0 aliphatic heterocycles. The lowest BCUT2D eigenvalue weighted by Gasteiger charge is -2.10. The number of carbonyl (C=O) groups excluding carboxylic acids is 1. The third-order valence-corrected chi connectivity index (χ3v) is 2.10. The minimum absolute atomic E-state index is 0.0477. The van der Waals surface area contributed by atoms with Crippen LogP contribution in [0.15, 0.2) is 12.7 Å². The minimum atomic E-state index is -0.843. The summed E-state index contributed by atoms with van der Waals surface area (Å²) in [4.78, 5) is 21.7. The summed E-state index contributed by atoms with van der Waals surface area (Å²) in [6, 6.07) is 0. The zero-order valence-electron chi connectivity index (χ0n) is 10.3. The summed E-state index contributed by atoms with van der Waals surface area (Å²) >= 11 is 0. The maximum atomic E-state index is 11.3. The smallest absolute Gasteiger partial charge is 0.303 e. The van der Waals surface area contributed by atoms with Crippen molar-refractivity contribution in [2.75, 3.05) is 19.8 Å². The van der Waals surface area contributed by atoms with E-state index in [1.165, 1.54) is 0 Å². The Labute approximate surface area is 102 Å². The van der Waals surface area contributed by atoms with Crippen molar-refractivity contribution >= 4 is 11.9 Å². The molecule has 0 fully saturated rings. The zero-order chi connectivity index (χ0) is 13.1. The number of carboxylic acids is 1. The number of nitrogens with one attached hydrogen (secondary N) is 1. The summed E-state index contributed by atoms with van der Waals surface area (Å²) in [6.07, 6.45) is 2.79. The molecule has 0 saturated carbocycles. The molecular formula is C12H21NO4. The highest BCUT2D eigenvalue weighted by Crippen LogP contribution is 2.00. The second-order valence-corrected chi connectivity index (χ2v) is 3.97. The first-order chi connectivity index (χ1) is 8.06. The molecule has 5 nitrogen and oxygen atoms in total. The fourth-order valence-corrected chi connectivity index (χ4v) is 1.25. The minimum Gasteiger partial charge on any atom is -0.481 e. The Bertz CT molecular complexity index is 253. The van der Waals surface area contributed by atoms with Crippen LogP contribution in [0.2, 0.25) is 0 Å². The molecule has 0 rings (SSSR count). The molecule has 0 radical (unpaired) electrons. The van der Waals surface area contributed by atoms with E-state index in [4.69, 9.17) is 9.84 Å². The van der Waals surface area contributed by atoms with Gasteiger partial charge in [0, 0.05) is 26.0 Å². The quantitative estimate of drug-likeness (QED) is 0.446. The van der Waals surface area contributed by atoms with Crippen LogP contribution in [0.1, 0.15) is 26.2 Å². The molecule has 0 bridgehead atoms. The van der Waals surface area contributed by atoms with Gasteiger partial charge in [0.15, 0.2) is 0 Å². The number of amides is 1. The van der Waals surface area contributed by atoms with Gasteiger partial charge in [-0.2, -0.15) is 0 Å². The van der Waals surface area contributed by atoms with E-state index in [0.717, 1.165) is 0 Å². The van der Waals surface area contributed by atoms with Crippen molar-refractivity contribution in [1.29, 1.82) is 0 Å². The molecule has 17 heavy (non-hydrogen) atoms. The average molecular weight is 243 g/mol. The van der Waals surface area contributed by atoms with Crippen molar-refractivity contribution < 1.29 is 19.4 Å². The van der Waals surface area contributed by atoms with E-state index in [2.05, 4.69) is 11.9 Å². The van der Waals surface area contributed by atoms with Gasteiger partial charge >= 0.3 is 5.97 Å². The van der Waals surface area contributed by atoms with Crippen LogP contribution in [0.3, 0.4) is 0 Å². The van der Waals surface area contributed by atoms with Crippen LogP contribution in [0.25, 0.3) is 0 Å². The van der Waals surface area contributed by atoms with Crippen LogP contribution >= 0.6 is 0 Å². The summed E-state index contributed by atoms with van der Waals surface area (Å²) in [6.45, 7) is 6.74. The number of carboxylic acid groups (broad SMARTS) is 1. The highest BCUT2D eigenvalue weighted by atomic mass is 16.5. The molecule has 0 aliphatic carbocycles. The zero-order valence-corrected chi connectivity index (χ0v) is 10.3. The van der Waals surface area contributed by atoms with Gasteiger partial charge in [-0.3, -0.25) is 9.59 Å². The normalized spacial score (nSPS) is 11.8. The molecule has 0 saturated heterocycles. The molecule has 0 aromatic rings. The van der Waals surface area contributed by atoms with Gasteiger partial charge in [0.1, 0.15) is 0 Å². The van der Waals surface area contributed by atoms with E-state index in [1.54, 1.807) is 13.0 Å². The van der Waals surface area contributed by atoms with E-state index in [-0.39, 0.29) is 18.2 Å². The molecule has 0 aromatic carbocycles. The van der Waals surface area contributed by atoms with Gasteiger partial charge in [0.05, 0.1) is 6.61 Å². The van der Waals surface area contributed by atoms with Crippen LogP contribution < -0.4 is 5.32 Å². The van der Waals surface area contributed by atoms with Crippen molar-refractivity contribution in [2.24, 2.45) is 5.92 Å². The van der Waals surface area contributed by atoms with Crippen LogP contribution in [-0.2, 0) is 14.3 Å². The largest absolute Gasteiger partial charge is 0.481 e. The van der Waals surface area contributed by atoms with Crippen LogP contribution in [0.5, 0.6) is 0 Å². The lowest BCUT2D eigenvalue weighted by atomic mass is 10.1. The van der Waals surface area contributed by atoms with E-state index < -0.39 is 5.97 Å². The van der Waals surface area contributed by atoms with Gasteiger partial charge in [-0.15, -0.1) is 6.58 Å². The summed E-state index contributed by atoms with van der Waals surface area (Å²) < 4.78 is 5.14. The maximum absolute atomic E-state index is 11.3. The summed E-state index contributed by atoms with van der Waals surface area (Å²) in [5.74, 6) is -0.956. The van der Waals surface area contributed by atoms with Gasteiger partial charge in [0.2, 0.25) is 5.91 Å². The molecule has 0 aromatic heterocycles. The van der Waals surface area contributed by atoms with E-state index in [0.29, 0.717) is 32.6 Å². The summed E-state index contributed by atoms with van der Waals surface area (Å²) in [7, 11) is 0. The number of rotatable bonds is 10. The first kappa shape index (κ1) is 15.6. The lowest BCUT2D eigenvalue weighted by molar-refractivity contribution is -0.138. The molecule has 5 heteroatoms. The summed E-state index contributed by atoms with van der Waals surface area (Å²) in [5, 5.41) is 11.2. The number of aliphatic carboxylic acids is 1. The Kier molecular flexibility index (Phi) is 9.05. The van der Waals surface area contributed by atoms with Gasteiger partial charge < -0.3 is 15.2 Å². The predicted octanol–water partition coefficient (Wildman–Crippen LogP) is 1.20. The highest BCUT2D eigenvalue weighted by Gasteiger charge is 2.08. The van der Waals surface area contributed by atoms with E-state index in [1.807, 2.05) is 0 Å². The van der Waals surface area contributed by atoms with Crippen LogP contribution in [-0.4, -0.2) is 36.7 Å². The number of ether oxygens (including phenoxy) is 1. The first-order valence-corrected chi connectivity index (χ1v) is 5.73. The topological polar surface area (TPSA) is 75.6 Å². The Morgan fingerprint density at radius 1 is 1.53 bits per heavy atom. The van der Waals surface area contributed by atoms with Crippen LogP contribution in [0, 0.1) is 5.92 Å². The fourth-order valence-electron chi connectivity index (χ4n) is 1.25. The molecule has 2 N–H and O–H groups in total.